The number of aromatic nitrogens is 2. The minimum Gasteiger partial charge on any atom is -0.341 e. The van der Waals surface area contributed by atoms with Gasteiger partial charge in [0.05, 0.1) is 5.69 Å². The van der Waals surface area contributed by atoms with E-state index in [1.165, 1.54) is 17.7 Å². The number of carbonyl (C=O) groups is 1. The highest BCUT2D eigenvalue weighted by atomic mass is 16.2. The highest BCUT2D eigenvalue weighted by molar-refractivity contribution is 5.97. The van der Waals surface area contributed by atoms with E-state index in [0.29, 0.717) is 0 Å². The average molecular weight is 334 g/mol. The monoisotopic (exact) mass is 334 g/mol. The van der Waals surface area contributed by atoms with Crippen molar-refractivity contribution in [3.63, 3.8) is 0 Å². The van der Waals surface area contributed by atoms with Gasteiger partial charge in [-0.15, -0.1) is 0 Å². The van der Waals surface area contributed by atoms with Crippen LogP contribution in [-0.4, -0.2) is 47.5 Å². The fourth-order valence-corrected chi connectivity index (χ4v) is 4.07. The summed E-state index contributed by atoms with van der Waals surface area (Å²) >= 11 is 0. The summed E-state index contributed by atoms with van der Waals surface area (Å²) < 4.78 is 0. The van der Waals surface area contributed by atoms with Crippen LogP contribution in [0.5, 0.6) is 0 Å². The van der Waals surface area contributed by atoms with Crippen LogP contribution in [0.3, 0.4) is 0 Å². The van der Waals surface area contributed by atoms with E-state index in [1.807, 2.05) is 13.1 Å². The van der Waals surface area contributed by atoms with Gasteiger partial charge < -0.3 is 9.80 Å². The second kappa shape index (κ2) is 5.55. The number of hydrogen-bond donors (Lipinski definition) is 0. The maximum absolute atomic E-state index is 12.3. The summed E-state index contributed by atoms with van der Waals surface area (Å²) in [5.74, 6) is 1.01. The van der Waals surface area contributed by atoms with Gasteiger partial charge in [0, 0.05) is 49.1 Å². The zero-order valence-electron chi connectivity index (χ0n) is 14.6. The second-order valence-corrected chi connectivity index (χ2v) is 7.34. The van der Waals surface area contributed by atoms with Crippen molar-refractivity contribution in [2.24, 2.45) is 0 Å². The van der Waals surface area contributed by atoms with Crippen molar-refractivity contribution in [3.05, 3.63) is 40.6 Å². The molecular weight excluding hydrogens is 312 g/mol. The molecule has 5 rings (SSSR count). The lowest BCUT2D eigenvalue weighted by molar-refractivity contribution is 0.0781. The van der Waals surface area contributed by atoms with Gasteiger partial charge in [0.15, 0.2) is 0 Å². The lowest BCUT2D eigenvalue weighted by Crippen LogP contribution is -2.38. The molecule has 5 heteroatoms. The first kappa shape index (κ1) is 14.9. The first-order valence-corrected chi connectivity index (χ1v) is 9.24. The molecule has 0 spiro atoms. The summed E-state index contributed by atoms with van der Waals surface area (Å²) in [6.45, 7) is 2.91. The average Bonchev–Trinajstić information content (AvgIpc) is 3.04. The third-order valence-electron chi connectivity index (χ3n) is 5.73. The molecule has 2 aromatic rings. The van der Waals surface area contributed by atoms with E-state index in [1.54, 1.807) is 4.90 Å². The van der Waals surface area contributed by atoms with E-state index in [2.05, 4.69) is 17.0 Å². The molecule has 3 aliphatic rings. The summed E-state index contributed by atoms with van der Waals surface area (Å²) in [4.78, 5) is 26.2. The first-order chi connectivity index (χ1) is 12.2. The summed E-state index contributed by atoms with van der Waals surface area (Å²) in [5.41, 5.74) is 6.74. The second-order valence-electron chi connectivity index (χ2n) is 7.34. The van der Waals surface area contributed by atoms with Gasteiger partial charge in [-0.05, 0) is 49.8 Å². The molecule has 128 valence electrons. The Balaban J connectivity index is 1.61. The van der Waals surface area contributed by atoms with Gasteiger partial charge in [-0.3, -0.25) is 4.79 Å². The van der Waals surface area contributed by atoms with Gasteiger partial charge in [0.1, 0.15) is 0 Å². The van der Waals surface area contributed by atoms with Crippen LogP contribution in [0.1, 0.15) is 40.0 Å². The molecule has 5 nitrogen and oxygen atoms in total. The molecule has 1 amide bonds. The maximum atomic E-state index is 12.3. The van der Waals surface area contributed by atoms with Gasteiger partial charge >= 0.3 is 0 Å². The zero-order valence-corrected chi connectivity index (χ0v) is 14.6. The number of rotatable bonds is 2. The molecule has 25 heavy (non-hydrogen) atoms. The number of aryl methyl sites for hydroxylation is 1. The summed E-state index contributed by atoms with van der Waals surface area (Å²) in [6, 6.07) is 6.23. The van der Waals surface area contributed by atoms with Crippen LogP contribution >= 0.6 is 0 Å². The largest absolute Gasteiger partial charge is 0.341 e. The van der Waals surface area contributed by atoms with Crippen LogP contribution in [0.4, 0.5) is 5.95 Å². The molecule has 1 aliphatic carbocycles. The number of benzene rings is 1. The number of nitrogens with zero attached hydrogens (tertiary/aromatic N) is 4. The topological polar surface area (TPSA) is 49.3 Å². The fraction of sp³-hybridized carbons (Fsp3) is 0.450. The first-order valence-electron chi connectivity index (χ1n) is 9.24. The van der Waals surface area contributed by atoms with E-state index in [0.717, 1.165) is 73.7 Å². The van der Waals surface area contributed by atoms with Crippen molar-refractivity contribution in [1.29, 1.82) is 0 Å². The number of likely N-dealkylation sites (N-methyl/N-ethyl adjacent to an activating group) is 1. The van der Waals surface area contributed by atoms with Crippen molar-refractivity contribution in [2.45, 2.75) is 32.1 Å². The van der Waals surface area contributed by atoms with Crippen molar-refractivity contribution in [1.82, 2.24) is 14.9 Å². The summed E-state index contributed by atoms with van der Waals surface area (Å²) in [7, 11) is 1.87. The molecule has 1 aromatic heterocycles. The molecule has 0 radical (unpaired) electrons. The highest BCUT2D eigenvalue weighted by Gasteiger charge is 2.26. The Morgan fingerprint density at radius 3 is 2.68 bits per heavy atom. The van der Waals surface area contributed by atoms with Gasteiger partial charge in [0.2, 0.25) is 5.95 Å². The number of carbonyl (C=O) groups excluding carboxylic acids is 1. The van der Waals surface area contributed by atoms with E-state index in [4.69, 9.17) is 9.97 Å². The Kier molecular flexibility index (Phi) is 3.30. The van der Waals surface area contributed by atoms with Crippen LogP contribution in [0.15, 0.2) is 18.2 Å². The molecule has 0 atom stereocenters. The Bertz CT molecular complexity index is 872. The normalized spacial score (nSPS) is 18.8. The molecule has 1 fully saturated rings. The molecular formula is C20H22N4O. The van der Waals surface area contributed by atoms with E-state index >= 15 is 0 Å². The Hall–Kier alpha value is -2.43. The molecule has 2 aliphatic heterocycles. The predicted molar refractivity (Wildman–Crippen MR) is 97.0 cm³/mol. The highest BCUT2D eigenvalue weighted by Crippen LogP contribution is 2.34. The smallest absolute Gasteiger partial charge is 0.253 e. The van der Waals surface area contributed by atoms with Crippen LogP contribution in [0.25, 0.3) is 11.3 Å². The van der Waals surface area contributed by atoms with Crippen LogP contribution in [0, 0.1) is 0 Å². The molecule has 0 unspecified atom stereocenters. The zero-order chi connectivity index (χ0) is 17.0. The van der Waals surface area contributed by atoms with Crippen molar-refractivity contribution in [3.8, 4) is 11.3 Å². The minimum atomic E-state index is 0.127. The molecule has 1 aromatic carbocycles. The van der Waals surface area contributed by atoms with Crippen LogP contribution in [-0.2, 0) is 19.3 Å². The standard InChI is InChI=1S/C20H22N4O/c1-23-11-8-13-12-14(6-7-15(13)19(23)25)18-16-4-2-5-17(16)21-20(22-18)24-9-3-10-24/h6-7,12H,2-5,8-11H2,1H3. The lowest BCUT2D eigenvalue weighted by Gasteiger charge is -2.31. The molecule has 3 heterocycles. The quantitative estimate of drug-likeness (QED) is 0.846. The van der Waals surface area contributed by atoms with Crippen LogP contribution in [0.2, 0.25) is 0 Å². The third kappa shape index (κ3) is 2.33. The van der Waals surface area contributed by atoms with Gasteiger partial charge in [0.25, 0.3) is 5.91 Å². The van der Waals surface area contributed by atoms with Gasteiger partial charge in [-0.25, -0.2) is 9.97 Å². The predicted octanol–water partition coefficient (Wildman–Crippen LogP) is 2.47. The van der Waals surface area contributed by atoms with Gasteiger partial charge in [-0.2, -0.15) is 0 Å². The van der Waals surface area contributed by atoms with E-state index in [9.17, 15) is 4.79 Å². The van der Waals surface area contributed by atoms with E-state index in [-0.39, 0.29) is 5.91 Å². The Morgan fingerprint density at radius 2 is 1.88 bits per heavy atom. The van der Waals surface area contributed by atoms with Crippen molar-refractivity contribution in [2.75, 3.05) is 31.6 Å². The number of hydrogen-bond acceptors (Lipinski definition) is 4. The molecule has 0 saturated carbocycles. The fourth-order valence-electron chi connectivity index (χ4n) is 4.07. The summed E-state index contributed by atoms with van der Waals surface area (Å²) in [6.07, 6.45) is 5.42. The number of amides is 1. The summed E-state index contributed by atoms with van der Waals surface area (Å²) in [5, 5.41) is 0. The van der Waals surface area contributed by atoms with Crippen molar-refractivity contribution < 1.29 is 4.79 Å². The van der Waals surface area contributed by atoms with E-state index < -0.39 is 0 Å². The Labute approximate surface area is 147 Å². The lowest BCUT2D eigenvalue weighted by atomic mass is 9.94. The van der Waals surface area contributed by atoms with Crippen LogP contribution < -0.4 is 4.90 Å². The molecule has 0 bridgehead atoms. The maximum Gasteiger partial charge on any atom is 0.253 e. The number of anilines is 1. The van der Waals surface area contributed by atoms with Crippen molar-refractivity contribution >= 4 is 11.9 Å². The number of fused-ring (bicyclic) bond motifs is 2. The molecule has 0 N–H and O–H groups in total. The Morgan fingerprint density at radius 1 is 1.00 bits per heavy atom. The van der Waals surface area contributed by atoms with Gasteiger partial charge in [-0.1, -0.05) is 6.07 Å². The molecule has 1 saturated heterocycles. The SMILES string of the molecule is CN1CCc2cc(-c3nc(N4CCC4)nc4c3CCC4)ccc2C1=O. The minimum absolute atomic E-state index is 0.127. The third-order valence-corrected chi connectivity index (χ3v) is 5.73.